The molecule has 0 atom stereocenters. The second kappa shape index (κ2) is 5.75. The van der Waals surface area contributed by atoms with Crippen LogP contribution in [0, 0.1) is 5.82 Å². The number of piperazine rings is 1. The van der Waals surface area contributed by atoms with Crippen LogP contribution in [0.4, 0.5) is 10.2 Å². The van der Waals surface area contributed by atoms with Crippen molar-refractivity contribution in [2.75, 3.05) is 38.2 Å². The summed E-state index contributed by atoms with van der Waals surface area (Å²) in [7, 11) is 1.44. The number of methoxy groups -OCH3 is 1. The van der Waals surface area contributed by atoms with Gasteiger partial charge in [-0.15, -0.1) is 0 Å². The van der Waals surface area contributed by atoms with Crippen molar-refractivity contribution in [3.63, 3.8) is 0 Å². The number of nitrogens with zero attached hydrogens (tertiary/aromatic N) is 4. The summed E-state index contributed by atoms with van der Waals surface area (Å²) in [6, 6.07) is 0. The van der Waals surface area contributed by atoms with Gasteiger partial charge in [-0.05, 0) is 11.6 Å². The van der Waals surface area contributed by atoms with Crippen LogP contribution in [0.5, 0.6) is 5.88 Å². The van der Waals surface area contributed by atoms with E-state index in [1.165, 1.54) is 7.11 Å². The number of rotatable bonds is 2. The average molecular weight is 332 g/mol. The Morgan fingerprint density at radius 2 is 1.90 bits per heavy atom. The summed E-state index contributed by atoms with van der Waals surface area (Å²) in [6.07, 6.45) is 0. The molecule has 0 saturated carbocycles. The van der Waals surface area contributed by atoms with Crippen molar-refractivity contribution in [3.05, 3.63) is 16.3 Å². The molecule has 3 rings (SSSR count). The van der Waals surface area contributed by atoms with Crippen LogP contribution in [-0.4, -0.2) is 48.2 Å². The third-order valence-electron chi connectivity index (χ3n) is 3.28. The van der Waals surface area contributed by atoms with Crippen molar-refractivity contribution < 1.29 is 9.13 Å². The van der Waals surface area contributed by atoms with Crippen molar-refractivity contribution in [1.29, 1.82) is 0 Å². The summed E-state index contributed by atoms with van der Waals surface area (Å²) in [5.41, 5.74) is 0.0142. The summed E-state index contributed by atoms with van der Waals surface area (Å²) in [6.45, 7) is 3.04. The van der Waals surface area contributed by atoms with Gasteiger partial charge in [-0.3, -0.25) is 0 Å². The van der Waals surface area contributed by atoms with Crippen LogP contribution in [-0.2, 0) is 0 Å². The molecule has 0 radical (unpaired) electrons. The van der Waals surface area contributed by atoms with Gasteiger partial charge in [0.2, 0.25) is 11.2 Å². The highest BCUT2D eigenvalue weighted by Gasteiger charge is 2.24. The number of nitrogens with one attached hydrogen (secondary N) is 1. The average Bonchev–Trinajstić information content (AvgIpc) is 2.51. The minimum atomic E-state index is -0.729. The Hall–Kier alpha value is -1.44. The second-order valence-electron chi connectivity index (χ2n) is 4.50. The lowest BCUT2D eigenvalue weighted by molar-refractivity contribution is 0.401. The van der Waals surface area contributed by atoms with E-state index in [0.717, 1.165) is 26.2 Å². The van der Waals surface area contributed by atoms with E-state index >= 15 is 0 Å². The Labute approximate surface area is 130 Å². The van der Waals surface area contributed by atoms with Crippen molar-refractivity contribution in [2.45, 2.75) is 0 Å². The van der Waals surface area contributed by atoms with Crippen molar-refractivity contribution in [3.8, 4) is 5.88 Å². The summed E-state index contributed by atoms with van der Waals surface area (Å²) >= 11 is 11.7. The highest BCUT2D eigenvalue weighted by Crippen LogP contribution is 2.35. The number of aromatic nitrogens is 3. The Morgan fingerprint density at radius 3 is 2.57 bits per heavy atom. The number of hydrogen-bond acceptors (Lipinski definition) is 6. The third-order valence-corrected chi connectivity index (χ3v) is 3.69. The number of halogens is 3. The van der Waals surface area contributed by atoms with Crippen LogP contribution in [0.1, 0.15) is 0 Å². The largest absolute Gasteiger partial charge is 0.480 e. The molecule has 1 fully saturated rings. The van der Waals surface area contributed by atoms with E-state index in [1.807, 2.05) is 4.90 Å². The van der Waals surface area contributed by atoms with Crippen LogP contribution in [0.15, 0.2) is 0 Å². The molecule has 1 aliphatic heterocycles. The lowest BCUT2D eigenvalue weighted by Gasteiger charge is -2.29. The number of anilines is 1. The van der Waals surface area contributed by atoms with Gasteiger partial charge in [0.15, 0.2) is 11.0 Å². The zero-order valence-electron chi connectivity index (χ0n) is 11.2. The fourth-order valence-electron chi connectivity index (χ4n) is 2.32. The van der Waals surface area contributed by atoms with Crippen LogP contribution >= 0.6 is 23.2 Å². The van der Waals surface area contributed by atoms with Crippen molar-refractivity contribution in [2.24, 2.45) is 0 Å². The molecule has 2 aromatic rings. The van der Waals surface area contributed by atoms with Gasteiger partial charge in [0.1, 0.15) is 16.7 Å². The fraction of sp³-hybridized carbons (Fsp3) is 0.417. The Balaban J connectivity index is 2.29. The Kier molecular flexibility index (Phi) is 3.97. The van der Waals surface area contributed by atoms with E-state index in [1.54, 1.807) is 0 Å². The summed E-state index contributed by atoms with van der Waals surface area (Å²) in [4.78, 5) is 14.1. The first-order valence-electron chi connectivity index (χ1n) is 6.33. The SMILES string of the molecule is COc1nc(Cl)c(F)c2nc(Cl)nc(N3CCNCC3)c12. The Morgan fingerprint density at radius 1 is 1.19 bits per heavy atom. The van der Waals surface area contributed by atoms with E-state index in [9.17, 15) is 4.39 Å². The number of ether oxygens (including phenoxy) is 1. The quantitative estimate of drug-likeness (QED) is 0.669. The second-order valence-corrected chi connectivity index (χ2v) is 5.20. The molecule has 1 aliphatic rings. The molecule has 0 unspecified atom stereocenters. The molecule has 0 aromatic carbocycles. The summed E-state index contributed by atoms with van der Waals surface area (Å²) < 4.78 is 19.4. The normalized spacial score (nSPS) is 15.5. The highest BCUT2D eigenvalue weighted by molar-refractivity contribution is 6.31. The zero-order chi connectivity index (χ0) is 15.0. The maximum absolute atomic E-state index is 14.2. The van der Waals surface area contributed by atoms with Crippen LogP contribution in [0.25, 0.3) is 10.9 Å². The van der Waals surface area contributed by atoms with Crippen LogP contribution in [0.2, 0.25) is 10.4 Å². The van der Waals surface area contributed by atoms with Gasteiger partial charge in [-0.25, -0.2) is 9.37 Å². The molecule has 0 aliphatic carbocycles. The Bertz CT molecular complexity index is 693. The molecular formula is C12H12Cl2FN5O. The van der Waals surface area contributed by atoms with Crippen LogP contribution < -0.4 is 15.0 Å². The van der Waals surface area contributed by atoms with Gasteiger partial charge in [-0.2, -0.15) is 9.97 Å². The van der Waals surface area contributed by atoms with Gasteiger partial charge >= 0.3 is 0 Å². The lowest BCUT2D eigenvalue weighted by Crippen LogP contribution is -2.44. The van der Waals surface area contributed by atoms with Crippen LogP contribution in [0.3, 0.4) is 0 Å². The lowest BCUT2D eigenvalue weighted by atomic mass is 10.2. The third kappa shape index (κ3) is 2.56. The molecule has 0 spiro atoms. The molecule has 9 heteroatoms. The minimum Gasteiger partial charge on any atom is -0.480 e. The molecule has 3 heterocycles. The smallest absolute Gasteiger partial charge is 0.228 e. The van der Waals surface area contributed by atoms with Gasteiger partial charge in [-0.1, -0.05) is 11.6 Å². The predicted molar refractivity (Wildman–Crippen MR) is 78.9 cm³/mol. The standard InChI is InChI=1S/C12H12Cl2FN5O/c1-21-11-6-8(7(15)9(13)18-11)17-12(14)19-10(6)20-4-2-16-3-5-20/h16H,2-5H2,1H3. The number of hydrogen-bond donors (Lipinski definition) is 1. The maximum atomic E-state index is 14.2. The van der Waals surface area contributed by atoms with E-state index in [-0.39, 0.29) is 21.8 Å². The zero-order valence-corrected chi connectivity index (χ0v) is 12.7. The van der Waals surface area contributed by atoms with Gasteiger partial charge < -0.3 is 15.0 Å². The molecule has 1 N–H and O–H groups in total. The number of pyridine rings is 1. The predicted octanol–water partition coefficient (Wildman–Crippen LogP) is 1.89. The monoisotopic (exact) mass is 331 g/mol. The van der Waals surface area contributed by atoms with Gasteiger partial charge in [0, 0.05) is 26.2 Å². The first-order chi connectivity index (χ1) is 10.1. The van der Waals surface area contributed by atoms with Gasteiger partial charge in [0.05, 0.1) is 7.11 Å². The maximum Gasteiger partial charge on any atom is 0.228 e. The summed E-state index contributed by atoms with van der Waals surface area (Å²) in [5, 5.41) is 3.27. The molecule has 6 nitrogen and oxygen atoms in total. The molecule has 1 saturated heterocycles. The molecule has 0 bridgehead atoms. The molecule has 112 valence electrons. The van der Waals surface area contributed by atoms with Crippen molar-refractivity contribution >= 4 is 39.9 Å². The van der Waals surface area contributed by atoms with E-state index in [2.05, 4.69) is 20.3 Å². The van der Waals surface area contributed by atoms with E-state index in [0.29, 0.717) is 11.2 Å². The van der Waals surface area contributed by atoms with Crippen molar-refractivity contribution in [1.82, 2.24) is 20.3 Å². The minimum absolute atomic E-state index is 0.0142. The van der Waals surface area contributed by atoms with E-state index in [4.69, 9.17) is 27.9 Å². The molecule has 2 aromatic heterocycles. The highest BCUT2D eigenvalue weighted by atomic mass is 35.5. The van der Waals surface area contributed by atoms with Gasteiger partial charge in [0.25, 0.3) is 0 Å². The molecule has 21 heavy (non-hydrogen) atoms. The van der Waals surface area contributed by atoms with E-state index < -0.39 is 5.82 Å². The number of fused-ring (bicyclic) bond motifs is 1. The summed E-state index contributed by atoms with van der Waals surface area (Å²) in [5.74, 6) is -0.0406. The first-order valence-corrected chi connectivity index (χ1v) is 7.09. The fourth-order valence-corrected chi connectivity index (χ4v) is 2.65. The topological polar surface area (TPSA) is 63.2 Å². The molecular weight excluding hydrogens is 320 g/mol. The first kappa shape index (κ1) is 14.5. The molecule has 0 amide bonds.